The number of amides is 1. The quantitative estimate of drug-likeness (QED) is 0.343. The van der Waals surface area contributed by atoms with Gasteiger partial charge in [-0.25, -0.2) is 4.98 Å². The maximum atomic E-state index is 13.3. The van der Waals surface area contributed by atoms with Crippen LogP contribution in [0.1, 0.15) is 51.2 Å². The summed E-state index contributed by atoms with van der Waals surface area (Å²) in [6.07, 6.45) is 3.94. The van der Waals surface area contributed by atoms with Gasteiger partial charge in [0.15, 0.2) is 15.9 Å². The molecule has 1 aliphatic heterocycles. The molecule has 0 radical (unpaired) electrons. The molecule has 0 spiro atoms. The van der Waals surface area contributed by atoms with Crippen LogP contribution < -0.4 is 15.8 Å². The van der Waals surface area contributed by atoms with Crippen molar-refractivity contribution in [1.29, 1.82) is 0 Å². The Morgan fingerprint density at radius 2 is 2.00 bits per heavy atom. The first kappa shape index (κ1) is 24.7. The van der Waals surface area contributed by atoms with Crippen LogP contribution in [-0.2, 0) is 17.8 Å². The summed E-state index contributed by atoms with van der Waals surface area (Å²) in [6.45, 7) is 10.9. The Balaban J connectivity index is 1.56. The normalized spacial score (nSPS) is 14.6. The average Bonchev–Trinajstić information content (AvgIpc) is 3.26. The van der Waals surface area contributed by atoms with Gasteiger partial charge >= 0.3 is 0 Å². The first-order chi connectivity index (χ1) is 16.4. The van der Waals surface area contributed by atoms with E-state index in [9.17, 15) is 9.59 Å². The number of piperidine rings is 1. The third-order valence-corrected chi connectivity index (χ3v) is 8.38. The van der Waals surface area contributed by atoms with Gasteiger partial charge in [-0.15, -0.1) is 0 Å². The summed E-state index contributed by atoms with van der Waals surface area (Å²) in [7, 11) is 0. The van der Waals surface area contributed by atoms with Gasteiger partial charge < -0.3 is 10.2 Å². The number of para-hydroxylation sites is 1. The van der Waals surface area contributed by atoms with Crippen molar-refractivity contribution in [2.75, 3.05) is 29.1 Å². The number of thiazole rings is 1. The number of nitrogens with zero attached hydrogens (tertiary/aromatic N) is 4. The molecule has 1 aromatic carbocycles. The molecule has 0 saturated carbocycles. The first-order valence-electron chi connectivity index (χ1n) is 12.1. The standard InChI is InChI=1S/C25H33N5O2S2/c1-5-12-30-23(32)21-22(27-24(34-21)29-13-10-16(3)11-14-29)28-25(30)33-15-19(31)26-20-17(4)8-7-9-18(20)6-2/h7-9,16H,5-6,10-15H2,1-4H3,(H,26,31). The zero-order valence-electron chi connectivity index (χ0n) is 20.4. The van der Waals surface area contributed by atoms with Gasteiger partial charge in [0.05, 0.1) is 5.75 Å². The molecule has 0 atom stereocenters. The van der Waals surface area contributed by atoms with E-state index < -0.39 is 0 Å². The number of anilines is 2. The van der Waals surface area contributed by atoms with E-state index in [1.165, 1.54) is 23.1 Å². The molecule has 0 bridgehead atoms. The van der Waals surface area contributed by atoms with Gasteiger partial charge in [0, 0.05) is 25.3 Å². The van der Waals surface area contributed by atoms with E-state index in [-0.39, 0.29) is 17.2 Å². The molecule has 34 heavy (non-hydrogen) atoms. The molecule has 1 aliphatic rings. The number of aryl methyl sites for hydroxylation is 2. The molecule has 4 rings (SSSR count). The van der Waals surface area contributed by atoms with Crippen molar-refractivity contribution < 1.29 is 4.79 Å². The lowest BCUT2D eigenvalue weighted by Crippen LogP contribution is -2.32. The molecule has 182 valence electrons. The fourth-order valence-corrected chi connectivity index (χ4v) is 6.07. The molecule has 3 heterocycles. The molecule has 1 N–H and O–H groups in total. The Bertz CT molecular complexity index is 1230. The highest BCUT2D eigenvalue weighted by Crippen LogP contribution is 2.30. The third-order valence-electron chi connectivity index (χ3n) is 6.31. The lowest BCUT2D eigenvalue weighted by atomic mass is 10.00. The van der Waals surface area contributed by atoms with Crippen molar-refractivity contribution in [3.8, 4) is 0 Å². The van der Waals surface area contributed by atoms with Crippen molar-refractivity contribution in [3.63, 3.8) is 0 Å². The topological polar surface area (TPSA) is 80.1 Å². The van der Waals surface area contributed by atoms with Gasteiger partial charge in [-0.3, -0.25) is 14.2 Å². The van der Waals surface area contributed by atoms with Gasteiger partial charge in [0.25, 0.3) is 5.56 Å². The largest absolute Gasteiger partial charge is 0.348 e. The van der Waals surface area contributed by atoms with Crippen LogP contribution in [0, 0.1) is 12.8 Å². The molecular weight excluding hydrogens is 466 g/mol. The predicted molar refractivity (Wildman–Crippen MR) is 142 cm³/mol. The van der Waals surface area contributed by atoms with E-state index in [1.807, 2.05) is 32.0 Å². The summed E-state index contributed by atoms with van der Waals surface area (Å²) in [4.78, 5) is 37.8. The SMILES string of the molecule is CCCn1c(SCC(=O)Nc2c(C)cccc2CC)nc2nc(N3CCC(C)CC3)sc2c1=O. The van der Waals surface area contributed by atoms with Crippen LogP contribution in [0.25, 0.3) is 10.3 Å². The maximum absolute atomic E-state index is 13.3. The van der Waals surface area contributed by atoms with E-state index in [4.69, 9.17) is 9.97 Å². The Morgan fingerprint density at radius 3 is 2.71 bits per heavy atom. The van der Waals surface area contributed by atoms with E-state index >= 15 is 0 Å². The van der Waals surface area contributed by atoms with Crippen LogP contribution in [-0.4, -0.2) is 39.3 Å². The minimum atomic E-state index is -0.104. The maximum Gasteiger partial charge on any atom is 0.273 e. The number of carbonyl (C=O) groups is 1. The average molecular weight is 500 g/mol. The van der Waals surface area contributed by atoms with E-state index in [1.54, 1.807) is 4.57 Å². The summed E-state index contributed by atoms with van der Waals surface area (Å²) in [5, 5.41) is 4.49. The minimum Gasteiger partial charge on any atom is -0.348 e. The van der Waals surface area contributed by atoms with Gasteiger partial charge in [-0.2, -0.15) is 4.98 Å². The van der Waals surface area contributed by atoms with Crippen molar-refractivity contribution in [2.24, 2.45) is 5.92 Å². The monoisotopic (exact) mass is 499 g/mol. The smallest absolute Gasteiger partial charge is 0.273 e. The van der Waals surface area contributed by atoms with E-state index in [0.717, 1.165) is 66.6 Å². The number of carbonyl (C=O) groups excluding carboxylic acids is 1. The Kier molecular flexibility index (Phi) is 7.93. The molecule has 1 amide bonds. The van der Waals surface area contributed by atoms with Crippen molar-refractivity contribution in [3.05, 3.63) is 39.7 Å². The predicted octanol–water partition coefficient (Wildman–Crippen LogP) is 5.10. The van der Waals surface area contributed by atoms with Crippen LogP contribution >= 0.6 is 23.1 Å². The molecule has 7 nitrogen and oxygen atoms in total. The zero-order valence-corrected chi connectivity index (χ0v) is 22.0. The molecular formula is C25H33N5O2S2. The number of nitrogens with one attached hydrogen (secondary N) is 1. The lowest BCUT2D eigenvalue weighted by molar-refractivity contribution is -0.113. The van der Waals surface area contributed by atoms with Crippen LogP contribution in [0.2, 0.25) is 0 Å². The second-order valence-corrected chi connectivity index (χ2v) is 10.9. The number of thioether (sulfide) groups is 1. The number of rotatable bonds is 8. The fourth-order valence-electron chi connectivity index (χ4n) is 4.25. The summed E-state index contributed by atoms with van der Waals surface area (Å²) < 4.78 is 2.30. The molecule has 0 aliphatic carbocycles. The van der Waals surface area contributed by atoms with Crippen LogP contribution in [0.5, 0.6) is 0 Å². The van der Waals surface area contributed by atoms with Crippen LogP contribution in [0.4, 0.5) is 10.8 Å². The summed E-state index contributed by atoms with van der Waals surface area (Å²) in [5.41, 5.74) is 3.47. The number of aromatic nitrogens is 3. The molecule has 1 fully saturated rings. The first-order valence-corrected chi connectivity index (χ1v) is 13.9. The van der Waals surface area contributed by atoms with Crippen molar-refractivity contribution in [2.45, 2.75) is 65.1 Å². The number of fused-ring (bicyclic) bond motifs is 1. The Labute approximate surface area is 209 Å². The molecule has 3 aromatic rings. The van der Waals surface area contributed by atoms with Gasteiger partial charge in [0.1, 0.15) is 4.70 Å². The van der Waals surface area contributed by atoms with Gasteiger partial charge in [-0.05, 0) is 49.7 Å². The molecule has 1 saturated heterocycles. The molecule has 0 unspecified atom stereocenters. The highest BCUT2D eigenvalue weighted by molar-refractivity contribution is 7.99. The van der Waals surface area contributed by atoms with Crippen molar-refractivity contribution >= 4 is 50.2 Å². The lowest BCUT2D eigenvalue weighted by Gasteiger charge is -2.29. The van der Waals surface area contributed by atoms with Gasteiger partial charge in [0.2, 0.25) is 5.91 Å². The van der Waals surface area contributed by atoms with Gasteiger partial charge in [-0.1, -0.05) is 62.1 Å². The zero-order chi connectivity index (χ0) is 24.2. The highest BCUT2D eigenvalue weighted by atomic mass is 32.2. The second-order valence-electron chi connectivity index (χ2n) is 8.97. The van der Waals surface area contributed by atoms with Crippen LogP contribution in [0.15, 0.2) is 28.2 Å². The molecule has 2 aromatic heterocycles. The van der Waals surface area contributed by atoms with Crippen LogP contribution in [0.3, 0.4) is 0 Å². The number of hydrogen-bond donors (Lipinski definition) is 1. The Hall–Kier alpha value is -2.39. The van der Waals surface area contributed by atoms with Crippen molar-refractivity contribution in [1.82, 2.24) is 14.5 Å². The fraction of sp³-hybridized carbons (Fsp3) is 0.520. The second kappa shape index (κ2) is 10.9. The minimum absolute atomic E-state index is 0.0592. The number of hydrogen-bond acceptors (Lipinski definition) is 7. The third kappa shape index (κ3) is 5.30. The highest BCUT2D eigenvalue weighted by Gasteiger charge is 2.22. The number of benzene rings is 1. The summed E-state index contributed by atoms with van der Waals surface area (Å²) in [5.74, 6) is 0.806. The summed E-state index contributed by atoms with van der Waals surface area (Å²) in [6, 6.07) is 6.04. The molecule has 9 heteroatoms. The van der Waals surface area contributed by atoms with E-state index in [2.05, 4.69) is 24.1 Å². The van der Waals surface area contributed by atoms with E-state index in [0.29, 0.717) is 22.0 Å². The Morgan fingerprint density at radius 1 is 1.24 bits per heavy atom. The summed E-state index contributed by atoms with van der Waals surface area (Å²) >= 11 is 2.74.